The number of benzene rings is 1. The molecular weight excluding hydrogens is 230 g/mol. The van der Waals surface area contributed by atoms with Crippen LogP contribution in [0.3, 0.4) is 0 Å². The van der Waals surface area contributed by atoms with Crippen LogP contribution in [0.2, 0.25) is 0 Å². The van der Waals surface area contributed by atoms with Gasteiger partial charge in [-0.25, -0.2) is 0 Å². The highest BCUT2D eigenvalue weighted by molar-refractivity contribution is 9.10. The molecule has 0 fully saturated rings. The van der Waals surface area contributed by atoms with Crippen molar-refractivity contribution in [3.63, 3.8) is 0 Å². The van der Waals surface area contributed by atoms with Gasteiger partial charge in [0, 0.05) is 5.69 Å². The first-order chi connectivity index (χ1) is 6.15. The van der Waals surface area contributed by atoms with Gasteiger partial charge in [-0.2, -0.15) is 0 Å². The fraction of sp³-hybridized carbons (Fsp3) is 0.400. The Kier molecular flexibility index (Phi) is 5.55. The van der Waals surface area contributed by atoms with Crippen molar-refractivity contribution in [3.8, 4) is 5.75 Å². The number of rotatable bonds is 1. The molecule has 1 rings (SSSR count). The molecule has 0 amide bonds. The number of halogens is 1. The summed E-state index contributed by atoms with van der Waals surface area (Å²) in [6, 6.07) is 3.74. The first kappa shape index (κ1) is 12.3. The molecule has 0 aliphatic carbocycles. The van der Waals surface area contributed by atoms with Crippen LogP contribution in [0.1, 0.15) is 19.4 Å². The normalized spacial score (nSPS) is 8.69. The third-order valence-corrected chi connectivity index (χ3v) is 2.16. The maximum absolute atomic E-state index is 5.66. The Bertz CT molecular complexity index is 274. The number of aryl methyl sites for hydroxylation is 1. The third kappa shape index (κ3) is 3.27. The highest BCUT2D eigenvalue weighted by Gasteiger charge is 2.01. The Balaban J connectivity index is 0.000000671. The number of nitrogen functional groups attached to an aromatic ring is 1. The Morgan fingerprint density at radius 1 is 1.31 bits per heavy atom. The van der Waals surface area contributed by atoms with Gasteiger partial charge >= 0.3 is 0 Å². The lowest BCUT2D eigenvalue weighted by Crippen LogP contribution is -1.92. The quantitative estimate of drug-likeness (QED) is 0.771. The zero-order valence-corrected chi connectivity index (χ0v) is 10.1. The average Bonchev–Trinajstić information content (AvgIpc) is 2.15. The summed E-state index contributed by atoms with van der Waals surface area (Å²) in [5.74, 6) is 0.816. The van der Waals surface area contributed by atoms with E-state index in [2.05, 4.69) is 15.9 Å². The topological polar surface area (TPSA) is 35.2 Å². The van der Waals surface area contributed by atoms with Gasteiger partial charge < -0.3 is 10.5 Å². The van der Waals surface area contributed by atoms with Crippen molar-refractivity contribution in [1.82, 2.24) is 0 Å². The zero-order valence-electron chi connectivity index (χ0n) is 8.52. The van der Waals surface area contributed by atoms with Crippen molar-refractivity contribution in [3.05, 3.63) is 22.2 Å². The number of anilines is 1. The number of methoxy groups -OCH3 is 1. The fourth-order valence-electron chi connectivity index (χ4n) is 0.827. The SMILES string of the molecule is CC.COc1cc(C)c(N)cc1Br. The maximum atomic E-state index is 5.66. The molecule has 2 N–H and O–H groups in total. The van der Waals surface area contributed by atoms with Crippen LogP contribution < -0.4 is 10.5 Å². The molecule has 0 bridgehead atoms. The largest absolute Gasteiger partial charge is 0.496 e. The summed E-state index contributed by atoms with van der Waals surface area (Å²) >= 11 is 3.34. The van der Waals surface area contributed by atoms with Gasteiger partial charge in [-0.05, 0) is 40.5 Å². The van der Waals surface area contributed by atoms with E-state index in [0.29, 0.717) is 0 Å². The van der Waals surface area contributed by atoms with Crippen molar-refractivity contribution >= 4 is 21.6 Å². The molecule has 13 heavy (non-hydrogen) atoms. The summed E-state index contributed by atoms with van der Waals surface area (Å²) in [5, 5.41) is 0. The maximum Gasteiger partial charge on any atom is 0.133 e. The molecule has 1 aromatic rings. The molecular formula is C10H16BrNO. The van der Waals surface area contributed by atoms with Crippen molar-refractivity contribution in [2.75, 3.05) is 12.8 Å². The number of nitrogens with two attached hydrogens (primary N) is 1. The summed E-state index contributed by atoms with van der Waals surface area (Å²) < 4.78 is 5.97. The van der Waals surface area contributed by atoms with E-state index in [0.717, 1.165) is 21.5 Å². The molecule has 0 aliphatic rings. The van der Waals surface area contributed by atoms with E-state index >= 15 is 0 Å². The van der Waals surface area contributed by atoms with Crippen LogP contribution >= 0.6 is 15.9 Å². The van der Waals surface area contributed by atoms with E-state index in [1.807, 2.05) is 32.9 Å². The van der Waals surface area contributed by atoms with Crippen LogP contribution in [0, 0.1) is 6.92 Å². The van der Waals surface area contributed by atoms with Crippen LogP contribution in [0.15, 0.2) is 16.6 Å². The number of hydrogen-bond donors (Lipinski definition) is 1. The van der Waals surface area contributed by atoms with Gasteiger partial charge in [0.1, 0.15) is 5.75 Å². The van der Waals surface area contributed by atoms with Crippen LogP contribution in [0.25, 0.3) is 0 Å². The fourth-order valence-corrected chi connectivity index (χ4v) is 1.35. The Morgan fingerprint density at radius 3 is 2.31 bits per heavy atom. The molecule has 0 saturated carbocycles. The van der Waals surface area contributed by atoms with Gasteiger partial charge in [-0.1, -0.05) is 13.8 Å². The van der Waals surface area contributed by atoms with E-state index in [9.17, 15) is 0 Å². The molecule has 0 atom stereocenters. The predicted octanol–water partition coefficient (Wildman–Crippen LogP) is 3.37. The summed E-state index contributed by atoms with van der Waals surface area (Å²) in [4.78, 5) is 0. The second-order valence-electron chi connectivity index (χ2n) is 2.34. The predicted molar refractivity (Wildman–Crippen MR) is 61.2 cm³/mol. The molecule has 74 valence electrons. The molecule has 0 unspecified atom stereocenters. The van der Waals surface area contributed by atoms with Crippen LogP contribution in [0.5, 0.6) is 5.75 Å². The van der Waals surface area contributed by atoms with Crippen molar-refractivity contribution in [2.45, 2.75) is 20.8 Å². The van der Waals surface area contributed by atoms with Crippen LogP contribution in [-0.4, -0.2) is 7.11 Å². The van der Waals surface area contributed by atoms with Gasteiger partial charge in [0.25, 0.3) is 0 Å². The van der Waals surface area contributed by atoms with Gasteiger partial charge in [-0.15, -0.1) is 0 Å². The minimum atomic E-state index is 0.776. The lowest BCUT2D eigenvalue weighted by molar-refractivity contribution is 0.412. The zero-order chi connectivity index (χ0) is 10.4. The smallest absolute Gasteiger partial charge is 0.133 e. The lowest BCUT2D eigenvalue weighted by atomic mass is 10.2. The molecule has 0 heterocycles. The second kappa shape index (κ2) is 5.86. The van der Waals surface area contributed by atoms with Crippen LogP contribution in [-0.2, 0) is 0 Å². The Labute approximate surface area is 88.2 Å². The van der Waals surface area contributed by atoms with Crippen molar-refractivity contribution in [1.29, 1.82) is 0 Å². The van der Waals surface area contributed by atoms with Gasteiger partial charge in [0.2, 0.25) is 0 Å². The second-order valence-corrected chi connectivity index (χ2v) is 3.20. The van der Waals surface area contributed by atoms with Gasteiger partial charge in [-0.3, -0.25) is 0 Å². The molecule has 0 spiro atoms. The summed E-state index contributed by atoms with van der Waals surface area (Å²) in [7, 11) is 1.63. The average molecular weight is 246 g/mol. The van der Waals surface area contributed by atoms with E-state index in [1.165, 1.54) is 0 Å². The number of hydrogen-bond acceptors (Lipinski definition) is 2. The summed E-state index contributed by atoms with van der Waals surface area (Å²) in [5.41, 5.74) is 7.47. The van der Waals surface area contributed by atoms with Gasteiger partial charge in [0.15, 0.2) is 0 Å². The summed E-state index contributed by atoms with van der Waals surface area (Å²) in [6.45, 7) is 5.95. The molecule has 2 nitrogen and oxygen atoms in total. The molecule has 0 aromatic heterocycles. The molecule has 1 aromatic carbocycles. The van der Waals surface area contributed by atoms with Crippen molar-refractivity contribution < 1.29 is 4.74 Å². The molecule has 0 saturated heterocycles. The standard InChI is InChI=1S/C8H10BrNO.C2H6/c1-5-3-8(11-2)6(9)4-7(5)10;1-2/h3-4H,10H2,1-2H3;1-2H3. The Hall–Kier alpha value is -0.700. The van der Waals surface area contributed by atoms with E-state index in [-0.39, 0.29) is 0 Å². The van der Waals surface area contributed by atoms with E-state index in [4.69, 9.17) is 10.5 Å². The summed E-state index contributed by atoms with van der Waals surface area (Å²) in [6.07, 6.45) is 0. The minimum Gasteiger partial charge on any atom is -0.496 e. The van der Waals surface area contributed by atoms with Gasteiger partial charge in [0.05, 0.1) is 11.6 Å². The monoisotopic (exact) mass is 245 g/mol. The van der Waals surface area contributed by atoms with E-state index < -0.39 is 0 Å². The highest BCUT2D eigenvalue weighted by Crippen LogP contribution is 2.29. The first-order valence-corrected chi connectivity index (χ1v) is 5.04. The lowest BCUT2D eigenvalue weighted by Gasteiger charge is -2.06. The molecule has 3 heteroatoms. The third-order valence-electron chi connectivity index (χ3n) is 1.54. The van der Waals surface area contributed by atoms with Crippen LogP contribution in [0.4, 0.5) is 5.69 Å². The Morgan fingerprint density at radius 2 is 1.85 bits per heavy atom. The van der Waals surface area contributed by atoms with E-state index in [1.54, 1.807) is 7.11 Å². The van der Waals surface area contributed by atoms with Crippen molar-refractivity contribution in [2.24, 2.45) is 0 Å². The molecule has 0 aliphatic heterocycles. The highest BCUT2D eigenvalue weighted by atomic mass is 79.9. The molecule has 0 radical (unpaired) electrons. The number of ether oxygens (including phenoxy) is 1. The minimum absolute atomic E-state index is 0.776. The first-order valence-electron chi connectivity index (χ1n) is 4.24.